The van der Waals surface area contributed by atoms with Crippen LogP contribution in [0, 0.1) is 23.2 Å². The summed E-state index contributed by atoms with van der Waals surface area (Å²) in [5.41, 5.74) is 1.09. The Bertz CT molecular complexity index is 1590. The predicted octanol–water partition coefficient (Wildman–Crippen LogP) is 8.29. The molecule has 0 unspecified atom stereocenters. The number of fused-ring (bicyclic) bond motifs is 1. The van der Waals surface area contributed by atoms with Gasteiger partial charge in [-0.1, -0.05) is 48.5 Å². The van der Waals surface area contributed by atoms with Gasteiger partial charge in [-0.05, 0) is 48.8 Å². The molecule has 1 saturated carbocycles. The topological polar surface area (TPSA) is 133 Å². The molecule has 0 atom stereocenters. The van der Waals surface area contributed by atoms with E-state index in [0.717, 1.165) is 0 Å². The van der Waals surface area contributed by atoms with Crippen molar-refractivity contribution >= 4 is 57.7 Å². The molecule has 2 aromatic heterocycles. The Kier molecular flexibility index (Phi) is 12.0. The van der Waals surface area contributed by atoms with Crippen molar-refractivity contribution in [2.45, 2.75) is 76.9 Å². The van der Waals surface area contributed by atoms with E-state index in [2.05, 4.69) is 25.6 Å². The first-order valence-electron chi connectivity index (χ1n) is 14.6. The zero-order chi connectivity index (χ0) is 33.4. The van der Waals surface area contributed by atoms with Gasteiger partial charge >= 0.3 is 6.18 Å². The van der Waals surface area contributed by atoms with Crippen LogP contribution in [0.25, 0.3) is 11.2 Å². The summed E-state index contributed by atoms with van der Waals surface area (Å²) in [6, 6.07) is 6.31. The zero-order valence-electron chi connectivity index (χ0n) is 24.5. The summed E-state index contributed by atoms with van der Waals surface area (Å²) in [6.07, 6.45) is -4.52. The largest absolute Gasteiger partial charge is 0.471 e. The molecule has 0 spiro atoms. The number of rotatable bonds is 14. The second-order valence-electron chi connectivity index (χ2n) is 11.2. The van der Waals surface area contributed by atoms with E-state index in [1.165, 1.54) is 6.07 Å². The molecule has 3 N–H and O–H groups in total. The molecule has 1 aromatic carbocycles. The van der Waals surface area contributed by atoms with Crippen LogP contribution in [0.5, 0.6) is 5.88 Å². The number of nitrogens with zero attached hydrogens (tertiary/aromatic N) is 3. The number of nitriles is 1. The number of anilines is 2. The van der Waals surface area contributed by atoms with E-state index in [1.807, 2.05) is 0 Å². The van der Waals surface area contributed by atoms with E-state index in [0.29, 0.717) is 49.6 Å². The highest BCUT2D eigenvalue weighted by Gasteiger charge is 2.34. The van der Waals surface area contributed by atoms with E-state index in [-0.39, 0.29) is 75.8 Å². The van der Waals surface area contributed by atoms with Gasteiger partial charge in [0, 0.05) is 19.4 Å². The molecule has 0 aliphatic heterocycles. The van der Waals surface area contributed by atoms with E-state index in [4.69, 9.17) is 33.2 Å². The molecule has 1 amide bonds. The summed E-state index contributed by atoms with van der Waals surface area (Å²) in [4.78, 5) is 36.4. The number of H-pyrrole nitrogens is 1. The first kappa shape index (κ1) is 35.2. The van der Waals surface area contributed by atoms with Crippen LogP contribution in [0.15, 0.2) is 18.2 Å². The molecular formula is C30H31Cl2F5N6O3. The highest BCUT2D eigenvalue weighted by atomic mass is 35.5. The Balaban J connectivity index is 1.46. The molecule has 16 heteroatoms. The monoisotopic (exact) mass is 688 g/mol. The quantitative estimate of drug-likeness (QED) is 0.115. The van der Waals surface area contributed by atoms with Crippen molar-refractivity contribution in [3.05, 3.63) is 39.4 Å². The lowest BCUT2D eigenvalue weighted by molar-refractivity contribution is -0.147. The van der Waals surface area contributed by atoms with Gasteiger partial charge in [0.1, 0.15) is 6.42 Å². The molecule has 3 aromatic rings. The smallest absolute Gasteiger partial charge is 0.389 e. The molecule has 1 aliphatic rings. The third-order valence-electron chi connectivity index (χ3n) is 7.72. The van der Waals surface area contributed by atoms with Crippen LogP contribution in [-0.2, 0) is 11.3 Å². The van der Waals surface area contributed by atoms with Crippen molar-refractivity contribution in [1.29, 1.82) is 5.26 Å². The molecule has 9 nitrogen and oxygen atoms in total. The van der Waals surface area contributed by atoms with E-state index in [9.17, 15) is 31.5 Å². The minimum atomic E-state index is -4.17. The van der Waals surface area contributed by atoms with Crippen molar-refractivity contribution in [2.24, 2.45) is 11.8 Å². The van der Waals surface area contributed by atoms with Crippen molar-refractivity contribution in [1.82, 2.24) is 20.3 Å². The number of Topliss-reactive ketones (excluding diaryl/α,β-unsaturated/α-hetero) is 1. The normalized spacial score (nSPS) is 16.8. The summed E-state index contributed by atoms with van der Waals surface area (Å²) in [5.74, 6) is -1.19. The van der Waals surface area contributed by atoms with E-state index < -0.39 is 31.5 Å². The first-order chi connectivity index (χ1) is 21.8. The number of pyridine rings is 1. The van der Waals surface area contributed by atoms with Crippen LogP contribution in [0.2, 0.25) is 10.0 Å². The molecule has 248 valence electrons. The fourth-order valence-corrected chi connectivity index (χ4v) is 6.00. The molecule has 0 radical (unpaired) electrons. The number of imidazole rings is 1. The second-order valence-corrected chi connectivity index (χ2v) is 11.9. The Morgan fingerprint density at radius 2 is 1.85 bits per heavy atom. The molecule has 2 heterocycles. The van der Waals surface area contributed by atoms with Gasteiger partial charge in [-0.3, -0.25) is 9.59 Å². The second kappa shape index (κ2) is 15.7. The maximum Gasteiger partial charge on any atom is 0.389 e. The van der Waals surface area contributed by atoms with Gasteiger partial charge in [0.05, 0.1) is 32.9 Å². The van der Waals surface area contributed by atoms with Gasteiger partial charge in [0.25, 0.3) is 6.43 Å². The van der Waals surface area contributed by atoms with Crippen molar-refractivity contribution in [3.8, 4) is 11.9 Å². The Labute approximate surface area is 271 Å². The van der Waals surface area contributed by atoms with Crippen LogP contribution < -0.4 is 15.4 Å². The number of aromatic nitrogens is 3. The molecule has 0 saturated heterocycles. The molecular weight excluding hydrogens is 658 g/mol. The number of carbonyl (C=O) groups is 2. The number of hydrogen-bond donors (Lipinski definition) is 3. The number of amides is 1. The molecule has 1 fully saturated rings. The minimum absolute atomic E-state index is 0.0107. The number of benzene rings is 1. The fraction of sp³-hybridized carbons (Fsp3) is 0.500. The van der Waals surface area contributed by atoms with E-state index >= 15 is 0 Å². The van der Waals surface area contributed by atoms with Gasteiger partial charge < -0.3 is 20.4 Å². The van der Waals surface area contributed by atoms with E-state index in [1.54, 1.807) is 18.2 Å². The molecule has 4 rings (SSSR count). The lowest BCUT2D eigenvalue weighted by atomic mass is 9.78. The molecule has 46 heavy (non-hydrogen) atoms. The molecule has 0 bridgehead atoms. The van der Waals surface area contributed by atoms with Gasteiger partial charge in [-0.2, -0.15) is 28.4 Å². The number of ketones is 1. The van der Waals surface area contributed by atoms with Gasteiger partial charge in [0.2, 0.25) is 17.7 Å². The third kappa shape index (κ3) is 9.90. The van der Waals surface area contributed by atoms with Crippen LogP contribution in [0.4, 0.5) is 33.6 Å². The third-order valence-corrected chi connectivity index (χ3v) is 8.46. The number of hydrogen-bond acceptors (Lipinski definition) is 7. The summed E-state index contributed by atoms with van der Waals surface area (Å²) >= 11 is 12.9. The lowest BCUT2D eigenvalue weighted by Crippen LogP contribution is -2.22. The van der Waals surface area contributed by atoms with Crippen molar-refractivity contribution in [3.63, 3.8) is 0 Å². The van der Waals surface area contributed by atoms with Gasteiger partial charge in [-0.25, -0.2) is 8.78 Å². The SMILES string of the molecule is N#CCC(=O)NCc1ccc(Cl)c(Nc2nc3nc(OCC(F)F)c(C(=O)CCCC4CCC(CC(F)(F)F)CC4)cc3[nH]2)c1Cl. The Morgan fingerprint density at radius 1 is 1.13 bits per heavy atom. The number of alkyl halides is 5. The number of halogens is 7. The average Bonchev–Trinajstić information content (AvgIpc) is 3.39. The Morgan fingerprint density at radius 3 is 2.52 bits per heavy atom. The number of carbonyl (C=O) groups excluding carboxylic acids is 2. The van der Waals surface area contributed by atoms with Crippen LogP contribution in [-0.4, -0.2) is 45.9 Å². The molecule has 1 aliphatic carbocycles. The van der Waals surface area contributed by atoms with Crippen LogP contribution in [0.1, 0.15) is 73.7 Å². The van der Waals surface area contributed by atoms with Crippen LogP contribution in [0.3, 0.4) is 0 Å². The van der Waals surface area contributed by atoms with Gasteiger partial charge in [-0.15, -0.1) is 0 Å². The van der Waals surface area contributed by atoms with Crippen LogP contribution >= 0.6 is 23.2 Å². The number of ether oxygens (including phenoxy) is 1. The maximum atomic E-state index is 13.2. The van der Waals surface area contributed by atoms with Gasteiger partial charge in [0.15, 0.2) is 18.0 Å². The average molecular weight is 690 g/mol. The number of nitrogens with one attached hydrogen (secondary N) is 3. The zero-order valence-corrected chi connectivity index (χ0v) is 26.0. The van der Waals surface area contributed by atoms with Crippen molar-refractivity contribution < 1.29 is 36.3 Å². The highest BCUT2D eigenvalue weighted by molar-refractivity contribution is 6.39. The standard InChI is InChI=1S/C30H31Cl2F5N6O3/c31-20-9-8-18(14-39-24(45)10-11-38)25(32)26(20)41-29-40-21-12-19(28(42-27(21)43-29)46-15-23(33)34)22(44)3-1-2-16-4-6-17(7-5-16)13-30(35,36)37/h8-9,12,16-17,23H,1-7,10,13-15H2,(H,39,45)(H2,40,41,42,43). The predicted molar refractivity (Wildman–Crippen MR) is 162 cm³/mol. The Hall–Kier alpha value is -3.70. The summed E-state index contributed by atoms with van der Waals surface area (Å²) in [7, 11) is 0. The minimum Gasteiger partial charge on any atom is -0.471 e. The number of aromatic amines is 1. The summed E-state index contributed by atoms with van der Waals surface area (Å²) in [5, 5.41) is 14.6. The lowest BCUT2D eigenvalue weighted by Gasteiger charge is -2.29. The first-order valence-corrected chi connectivity index (χ1v) is 15.4. The summed E-state index contributed by atoms with van der Waals surface area (Å²) < 4.78 is 69.3. The fourth-order valence-electron chi connectivity index (χ4n) is 5.47. The summed E-state index contributed by atoms with van der Waals surface area (Å²) in [6.45, 7) is -0.957. The van der Waals surface area contributed by atoms with Crippen molar-refractivity contribution in [2.75, 3.05) is 11.9 Å². The highest BCUT2D eigenvalue weighted by Crippen LogP contribution is 2.38. The maximum absolute atomic E-state index is 13.2.